The maximum absolute atomic E-state index is 12.0. The van der Waals surface area contributed by atoms with Crippen LogP contribution in [0.4, 0.5) is 18.0 Å². The van der Waals surface area contributed by atoms with E-state index in [1.807, 2.05) is 20.8 Å². The van der Waals surface area contributed by atoms with E-state index >= 15 is 0 Å². The molecule has 4 rings (SSSR count). The molecule has 7 nitrogen and oxygen atoms in total. The van der Waals surface area contributed by atoms with Crippen LogP contribution in [0.1, 0.15) is 33.6 Å². The zero-order chi connectivity index (χ0) is 20.1. The van der Waals surface area contributed by atoms with Crippen molar-refractivity contribution in [3.05, 3.63) is 0 Å². The first-order chi connectivity index (χ1) is 12.4. The summed E-state index contributed by atoms with van der Waals surface area (Å²) in [5.74, 6) is -1.69. The molecular formula is C17H27F3N4O3. The van der Waals surface area contributed by atoms with Crippen LogP contribution in [-0.2, 0) is 9.53 Å². The highest BCUT2D eigenvalue weighted by molar-refractivity contribution is 5.83. The summed E-state index contributed by atoms with van der Waals surface area (Å²) in [5.41, 5.74) is -0.642. The number of rotatable bonds is 0. The van der Waals surface area contributed by atoms with Crippen LogP contribution in [0.2, 0.25) is 0 Å². The number of halogens is 3. The van der Waals surface area contributed by atoms with E-state index in [4.69, 9.17) is 4.74 Å². The number of likely N-dealkylation sites (tertiary alicyclic amines) is 2. The fourth-order valence-corrected chi connectivity index (χ4v) is 3.68. The van der Waals surface area contributed by atoms with Crippen molar-refractivity contribution in [2.45, 2.75) is 56.5 Å². The van der Waals surface area contributed by atoms with Crippen LogP contribution in [0.15, 0.2) is 0 Å². The minimum Gasteiger partial charge on any atom is -0.444 e. The largest absolute Gasteiger partial charge is 0.471 e. The molecule has 2 spiro atoms. The minimum atomic E-state index is -4.72. The van der Waals surface area contributed by atoms with Gasteiger partial charge in [-0.15, -0.1) is 0 Å². The Kier molecular flexibility index (Phi) is 4.87. The van der Waals surface area contributed by atoms with Crippen LogP contribution in [-0.4, -0.2) is 83.9 Å². The molecule has 4 heterocycles. The lowest BCUT2D eigenvalue weighted by Crippen LogP contribution is -2.78. The molecule has 0 saturated carbocycles. The first-order valence-corrected chi connectivity index (χ1v) is 9.18. The van der Waals surface area contributed by atoms with E-state index in [1.165, 1.54) is 6.42 Å². The molecular weight excluding hydrogens is 365 g/mol. The highest BCUT2D eigenvalue weighted by Gasteiger charge is 2.57. The van der Waals surface area contributed by atoms with Crippen molar-refractivity contribution in [2.24, 2.45) is 0 Å². The third kappa shape index (κ3) is 4.01. The summed E-state index contributed by atoms with van der Waals surface area (Å²) in [6, 6.07) is 0. The smallest absolute Gasteiger partial charge is 0.444 e. The molecule has 10 heteroatoms. The number of ether oxygens (including phenoxy) is 1. The van der Waals surface area contributed by atoms with Gasteiger partial charge in [0.2, 0.25) is 0 Å². The highest BCUT2D eigenvalue weighted by Crippen LogP contribution is 2.37. The zero-order valence-corrected chi connectivity index (χ0v) is 15.9. The maximum atomic E-state index is 12.0. The second kappa shape index (κ2) is 6.51. The summed E-state index contributed by atoms with van der Waals surface area (Å²) in [4.78, 5) is 25.1. The number of carbonyl (C=O) groups is 2. The Morgan fingerprint density at radius 1 is 1.07 bits per heavy atom. The molecule has 0 atom stereocenters. The molecule has 0 unspecified atom stereocenters. The average molecular weight is 392 g/mol. The Bertz CT molecular complexity index is 596. The number of nitrogens with one attached hydrogen (secondary N) is 2. The Morgan fingerprint density at radius 3 is 1.96 bits per heavy atom. The first kappa shape index (κ1) is 20.2. The molecule has 27 heavy (non-hydrogen) atoms. The normalized spacial score (nSPS) is 24.7. The van der Waals surface area contributed by atoms with Gasteiger partial charge in [-0.2, -0.15) is 13.2 Å². The quantitative estimate of drug-likeness (QED) is 0.646. The molecule has 2 N–H and O–H groups in total. The van der Waals surface area contributed by atoms with Gasteiger partial charge in [0.15, 0.2) is 0 Å². The molecule has 4 aliphatic rings. The van der Waals surface area contributed by atoms with Gasteiger partial charge in [0, 0.05) is 32.7 Å². The van der Waals surface area contributed by atoms with Gasteiger partial charge in [0.25, 0.3) is 0 Å². The van der Waals surface area contributed by atoms with E-state index in [0.717, 1.165) is 24.5 Å². The molecule has 0 aromatic carbocycles. The van der Waals surface area contributed by atoms with E-state index in [1.54, 1.807) is 4.90 Å². The van der Waals surface area contributed by atoms with E-state index in [9.17, 15) is 22.8 Å². The molecule has 0 bridgehead atoms. The first-order valence-electron chi connectivity index (χ1n) is 9.18. The number of alkyl halides is 3. The third-order valence-electron chi connectivity index (χ3n) is 5.51. The molecule has 0 aliphatic carbocycles. The predicted molar refractivity (Wildman–Crippen MR) is 91.1 cm³/mol. The summed E-state index contributed by atoms with van der Waals surface area (Å²) >= 11 is 0. The van der Waals surface area contributed by atoms with Gasteiger partial charge in [-0.05, 0) is 40.2 Å². The molecule has 0 radical (unpaired) electrons. The molecule has 154 valence electrons. The van der Waals surface area contributed by atoms with Gasteiger partial charge in [-0.25, -0.2) is 4.79 Å². The molecule has 4 aliphatic heterocycles. The molecule has 0 aromatic heterocycles. The second-order valence-electron chi connectivity index (χ2n) is 8.83. The van der Waals surface area contributed by atoms with Crippen LogP contribution >= 0.6 is 0 Å². The van der Waals surface area contributed by atoms with E-state index in [0.29, 0.717) is 19.5 Å². The fourth-order valence-electron chi connectivity index (χ4n) is 3.68. The summed E-state index contributed by atoms with van der Waals surface area (Å²) in [5, 5.41) is 6.24. The van der Waals surface area contributed by atoms with Gasteiger partial charge in [0.1, 0.15) is 5.60 Å². The molecule has 4 fully saturated rings. The Balaban J connectivity index is 0.000000156. The summed E-state index contributed by atoms with van der Waals surface area (Å²) in [7, 11) is 0. The number of carbonyl (C=O) groups excluding carboxylic acids is 2. The number of amides is 2. The molecule has 4 saturated heterocycles. The Morgan fingerprint density at radius 2 is 1.67 bits per heavy atom. The van der Waals surface area contributed by atoms with Crippen molar-refractivity contribution in [1.82, 2.24) is 20.4 Å². The van der Waals surface area contributed by atoms with Crippen molar-refractivity contribution in [3.8, 4) is 0 Å². The number of nitrogens with zero attached hydrogens (tertiary/aromatic N) is 2. The second-order valence-corrected chi connectivity index (χ2v) is 8.83. The zero-order valence-electron chi connectivity index (χ0n) is 15.9. The average Bonchev–Trinajstić information content (AvgIpc) is 2.29. The van der Waals surface area contributed by atoms with Gasteiger partial charge in [0.05, 0.1) is 11.1 Å². The number of hydrogen-bond acceptors (Lipinski definition) is 5. The number of hydrogen-bond donors (Lipinski definition) is 2. The van der Waals surface area contributed by atoms with Crippen LogP contribution in [0.5, 0.6) is 0 Å². The van der Waals surface area contributed by atoms with E-state index < -0.39 is 17.6 Å². The van der Waals surface area contributed by atoms with Crippen molar-refractivity contribution in [2.75, 3.05) is 39.3 Å². The van der Waals surface area contributed by atoms with E-state index in [2.05, 4.69) is 10.6 Å². The summed E-state index contributed by atoms with van der Waals surface area (Å²) in [6.45, 7) is 9.60. The maximum Gasteiger partial charge on any atom is 0.471 e. The van der Waals surface area contributed by atoms with Gasteiger partial charge in [-0.3, -0.25) is 4.79 Å². The van der Waals surface area contributed by atoms with Crippen LogP contribution < -0.4 is 10.6 Å². The lowest BCUT2D eigenvalue weighted by molar-refractivity contribution is -0.203. The lowest BCUT2D eigenvalue weighted by Gasteiger charge is -2.58. The van der Waals surface area contributed by atoms with Crippen molar-refractivity contribution < 1.29 is 27.5 Å². The van der Waals surface area contributed by atoms with Crippen LogP contribution in [0.25, 0.3) is 0 Å². The molecule has 0 aromatic rings. The Labute approximate surface area is 156 Å². The highest BCUT2D eigenvalue weighted by atomic mass is 19.4. The minimum absolute atomic E-state index is 0.183. The van der Waals surface area contributed by atoms with Crippen LogP contribution in [0.3, 0.4) is 0 Å². The third-order valence-corrected chi connectivity index (χ3v) is 5.51. The predicted octanol–water partition coefficient (Wildman–Crippen LogP) is 1.09. The van der Waals surface area contributed by atoms with Crippen molar-refractivity contribution in [3.63, 3.8) is 0 Å². The van der Waals surface area contributed by atoms with Crippen molar-refractivity contribution in [1.29, 1.82) is 0 Å². The molecule has 2 amide bonds. The van der Waals surface area contributed by atoms with Crippen LogP contribution in [0, 0.1) is 0 Å². The summed E-state index contributed by atoms with van der Waals surface area (Å²) < 4.78 is 41.3. The van der Waals surface area contributed by atoms with E-state index in [-0.39, 0.29) is 23.8 Å². The Hall–Kier alpha value is -1.55. The van der Waals surface area contributed by atoms with Gasteiger partial charge >= 0.3 is 18.2 Å². The van der Waals surface area contributed by atoms with Gasteiger partial charge < -0.3 is 25.2 Å². The monoisotopic (exact) mass is 392 g/mol. The fraction of sp³-hybridized carbons (Fsp3) is 0.882. The topological polar surface area (TPSA) is 73.9 Å². The lowest BCUT2D eigenvalue weighted by atomic mass is 9.79. The van der Waals surface area contributed by atoms with Gasteiger partial charge in [-0.1, -0.05) is 0 Å². The SMILES string of the molecule is CC(C)(C)OC(=O)N1CC2(CCN2)C1.O=C(N1CCC12CNC2)C(F)(F)F. The summed E-state index contributed by atoms with van der Waals surface area (Å²) in [6.07, 6.45) is -3.03. The van der Waals surface area contributed by atoms with Crippen molar-refractivity contribution >= 4 is 12.0 Å². The standard InChI is InChI=1S/C10H18N2O2.C7H9F3N2O/c1-9(2,3)14-8(13)12-6-10(7-12)4-5-11-10;8-7(9,10)5(13)12-2-1-6(12)3-11-4-6/h11H,4-7H2,1-3H3;11H,1-4H2.